The average molecular weight is 456 g/mol. The molecule has 2 aromatic rings. The Kier molecular flexibility index (Phi) is 7.83. The highest BCUT2D eigenvalue weighted by molar-refractivity contribution is 5.79. The van der Waals surface area contributed by atoms with Crippen LogP contribution >= 0.6 is 0 Å². The summed E-state index contributed by atoms with van der Waals surface area (Å²) < 4.78 is 24.2. The molecule has 0 radical (unpaired) electrons. The van der Waals surface area contributed by atoms with Crippen LogP contribution in [0.5, 0.6) is 11.5 Å². The van der Waals surface area contributed by atoms with Crippen LogP contribution in [0.4, 0.5) is 4.39 Å². The molecule has 2 aromatic carbocycles. The zero-order valence-corrected chi connectivity index (χ0v) is 19.6. The van der Waals surface area contributed by atoms with Crippen molar-refractivity contribution in [2.45, 2.75) is 31.8 Å². The first-order valence-corrected chi connectivity index (χ1v) is 11.8. The molecule has 33 heavy (non-hydrogen) atoms. The number of amides is 1. The lowest BCUT2D eigenvalue weighted by Crippen LogP contribution is -2.41. The van der Waals surface area contributed by atoms with Crippen molar-refractivity contribution < 1.29 is 18.7 Å². The predicted octanol–water partition coefficient (Wildman–Crippen LogP) is 3.71. The summed E-state index contributed by atoms with van der Waals surface area (Å²) in [6.45, 7) is 5.67. The van der Waals surface area contributed by atoms with Gasteiger partial charge in [0.2, 0.25) is 5.91 Å². The zero-order valence-electron chi connectivity index (χ0n) is 19.6. The Morgan fingerprint density at radius 2 is 1.70 bits per heavy atom. The van der Waals surface area contributed by atoms with Crippen LogP contribution in [0.25, 0.3) is 0 Å². The Hall–Kier alpha value is -2.64. The number of carbonyl (C=O) groups is 1. The third-order valence-corrected chi connectivity index (χ3v) is 6.73. The summed E-state index contributed by atoms with van der Waals surface area (Å²) in [6.07, 6.45) is 2.94. The molecule has 1 atom stereocenters. The maximum Gasteiger partial charge on any atom is 0.237 e. The van der Waals surface area contributed by atoms with E-state index in [0.717, 1.165) is 81.2 Å². The van der Waals surface area contributed by atoms with Crippen LogP contribution in [0, 0.1) is 5.82 Å². The van der Waals surface area contributed by atoms with Crippen molar-refractivity contribution in [1.29, 1.82) is 0 Å². The molecule has 1 unspecified atom stereocenters. The number of carbonyl (C=O) groups excluding carboxylic acids is 1. The van der Waals surface area contributed by atoms with Gasteiger partial charge in [-0.05, 0) is 68.2 Å². The van der Waals surface area contributed by atoms with Gasteiger partial charge in [-0.3, -0.25) is 14.6 Å². The molecule has 0 spiro atoms. The maximum atomic E-state index is 13.3. The van der Waals surface area contributed by atoms with Crippen LogP contribution in [0.2, 0.25) is 0 Å². The zero-order chi connectivity index (χ0) is 23.2. The van der Waals surface area contributed by atoms with E-state index in [-0.39, 0.29) is 17.8 Å². The summed E-state index contributed by atoms with van der Waals surface area (Å²) in [4.78, 5) is 20.0. The van der Waals surface area contributed by atoms with E-state index in [2.05, 4.69) is 9.80 Å². The van der Waals surface area contributed by atoms with E-state index in [4.69, 9.17) is 9.47 Å². The minimum Gasteiger partial charge on any atom is -0.497 e. The number of ether oxygens (including phenoxy) is 2. The van der Waals surface area contributed by atoms with Gasteiger partial charge in [-0.25, -0.2) is 4.39 Å². The molecule has 6 nitrogen and oxygen atoms in total. The highest BCUT2D eigenvalue weighted by atomic mass is 19.1. The number of nitrogens with zero attached hydrogens (tertiary/aromatic N) is 3. The standard InChI is InChI=1S/C26H34FN3O3/c1-32-22-10-11-25(33-2)23(17-22)24-5-3-14-30(24)26(31)19-29-13-4-12-28(15-16-29)18-20-6-8-21(27)9-7-20/h6-11,17,24H,3-5,12-16,18-19H2,1-2H3. The third kappa shape index (κ3) is 5.84. The quantitative estimate of drug-likeness (QED) is 0.637. The molecule has 0 N–H and O–H groups in total. The molecule has 0 bridgehead atoms. The van der Waals surface area contributed by atoms with E-state index in [0.29, 0.717) is 6.54 Å². The molecule has 2 saturated heterocycles. The normalized spacial score (nSPS) is 20.0. The molecule has 2 fully saturated rings. The summed E-state index contributed by atoms with van der Waals surface area (Å²) in [7, 11) is 3.32. The first-order chi connectivity index (χ1) is 16.1. The van der Waals surface area contributed by atoms with Gasteiger partial charge >= 0.3 is 0 Å². The fourth-order valence-electron chi connectivity index (χ4n) is 4.96. The number of hydrogen-bond acceptors (Lipinski definition) is 5. The molecule has 0 aliphatic carbocycles. The average Bonchev–Trinajstić information content (AvgIpc) is 3.23. The third-order valence-electron chi connectivity index (χ3n) is 6.73. The van der Waals surface area contributed by atoms with E-state index in [1.54, 1.807) is 14.2 Å². The van der Waals surface area contributed by atoms with Gasteiger partial charge in [-0.15, -0.1) is 0 Å². The Balaban J connectivity index is 1.36. The SMILES string of the molecule is COc1ccc(OC)c(C2CCCN2C(=O)CN2CCCN(Cc3ccc(F)cc3)CC2)c1. The molecule has 0 aromatic heterocycles. The van der Waals surface area contributed by atoms with E-state index < -0.39 is 0 Å². The number of rotatable bonds is 7. The first-order valence-electron chi connectivity index (χ1n) is 11.8. The molecule has 0 saturated carbocycles. The highest BCUT2D eigenvalue weighted by Gasteiger charge is 2.33. The largest absolute Gasteiger partial charge is 0.497 e. The Labute approximate surface area is 195 Å². The second kappa shape index (κ2) is 11.0. The summed E-state index contributed by atoms with van der Waals surface area (Å²) in [5.74, 6) is 1.55. The van der Waals surface area contributed by atoms with Crippen LogP contribution in [0.1, 0.15) is 36.4 Å². The summed E-state index contributed by atoms with van der Waals surface area (Å²) in [6, 6.07) is 12.5. The Morgan fingerprint density at radius 3 is 2.45 bits per heavy atom. The number of hydrogen-bond donors (Lipinski definition) is 0. The van der Waals surface area contributed by atoms with Crippen molar-refractivity contribution in [2.75, 3.05) is 53.5 Å². The van der Waals surface area contributed by atoms with Crippen molar-refractivity contribution in [3.05, 3.63) is 59.4 Å². The molecular weight excluding hydrogens is 421 g/mol. The molecule has 2 aliphatic rings. The fraction of sp³-hybridized carbons (Fsp3) is 0.500. The number of halogens is 1. The van der Waals surface area contributed by atoms with Gasteiger partial charge in [0, 0.05) is 31.7 Å². The van der Waals surface area contributed by atoms with Gasteiger partial charge in [0.05, 0.1) is 26.8 Å². The van der Waals surface area contributed by atoms with E-state index in [1.165, 1.54) is 12.1 Å². The number of benzene rings is 2. The molecule has 178 valence electrons. The Bertz CT molecular complexity index is 937. The van der Waals surface area contributed by atoms with E-state index >= 15 is 0 Å². The van der Waals surface area contributed by atoms with Crippen molar-refractivity contribution in [1.82, 2.24) is 14.7 Å². The summed E-state index contributed by atoms with van der Waals surface area (Å²) in [5.41, 5.74) is 2.14. The topological polar surface area (TPSA) is 45.3 Å². The van der Waals surface area contributed by atoms with Gasteiger partial charge in [0.1, 0.15) is 17.3 Å². The van der Waals surface area contributed by atoms with Crippen molar-refractivity contribution >= 4 is 5.91 Å². The van der Waals surface area contributed by atoms with Gasteiger partial charge in [0.15, 0.2) is 0 Å². The lowest BCUT2D eigenvalue weighted by Gasteiger charge is -2.29. The van der Waals surface area contributed by atoms with Gasteiger partial charge < -0.3 is 14.4 Å². The first kappa shape index (κ1) is 23.5. The fourth-order valence-corrected chi connectivity index (χ4v) is 4.96. The van der Waals surface area contributed by atoms with Crippen LogP contribution in [-0.4, -0.2) is 74.1 Å². The lowest BCUT2D eigenvalue weighted by atomic mass is 10.0. The minimum absolute atomic E-state index is 0.0181. The van der Waals surface area contributed by atoms with Gasteiger partial charge in [0.25, 0.3) is 0 Å². The molecule has 4 rings (SSSR count). The van der Waals surface area contributed by atoms with E-state index in [9.17, 15) is 9.18 Å². The van der Waals surface area contributed by atoms with Crippen LogP contribution in [-0.2, 0) is 11.3 Å². The molecule has 7 heteroatoms. The number of likely N-dealkylation sites (tertiary alicyclic amines) is 1. The van der Waals surface area contributed by atoms with Crippen LogP contribution in [0.3, 0.4) is 0 Å². The maximum absolute atomic E-state index is 13.3. The minimum atomic E-state index is -0.203. The van der Waals surface area contributed by atoms with Gasteiger partial charge in [-0.1, -0.05) is 12.1 Å². The molecular formula is C26H34FN3O3. The second-order valence-electron chi connectivity index (χ2n) is 8.89. The second-order valence-corrected chi connectivity index (χ2v) is 8.89. The van der Waals surface area contributed by atoms with Gasteiger partial charge in [-0.2, -0.15) is 0 Å². The van der Waals surface area contributed by atoms with Crippen LogP contribution in [0.15, 0.2) is 42.5 Å². The predicted molar refractivity (Wildman–Crippen MR) is 126 cm³/mol. The molecule has 1 amide bonds. The van der Waals surface area contributed by atoms with Crippen molar-refractivity contribution in [3.8, 4) is 11.5 Å². The van der Waals surface area contributed by atoms with E-state index in [1.807, 2.05) is 35.2 Å². The Morgan fingerprint density at radius 1 is 0.939 bits per heavy atom. The summed E-state index contributed by atoms with van der Waals surface area (Å²) >= 11 is 0. The summed E-state index contributed by atoms with van der Waals surface area (Å²) in [5, 5.41) is 0. The number of methoxy groups -OCH3 is 2. The van der Waals surface area contributed by atoms with Crippen LogP contribution < -0.4 is 9.47 Å². The highest BCUT2D eigenvalue weighted by Crippen LogP contribution is 2.39. The lowest BCUT2D eigenvalue weighted by molar-refractivity contribution is -0.133. The molecule has 2 heterocycles. The van der Waals surface area contributed by atoms with Crippen molar-refractivity contribution in [3.63, 3.8) is 0 Å². The van der Waals surface area contributed by atoms with Crippen molar-refractivity contribution in [2.24, 2.45) is 0 Å². The smallest absolute Gasteiger partial charge is 0.237 e. The molecule has 2 aliphatic heterocycles. The monoisotopic (exact) mass is 455 g/mol.